The first-order valence-electron chi connectivity index (χ1n) is 7.42. The molecule has 0 aliphatic heterocycles. The Morgan fingerprint density at radius 2 is 1.88 bits per heavy atom. The number of rotatable bonds is 9. The van der Waals surface area contributed by atoms with Crippen LogP contribution in [-0.2, 0) is 19.1 Å². The molecule has 2 amide bonds. The number of carbonyl (C=O) groups excluding carboxylic acids is 3. The van der Waals surface area contributed by atoms with E-state index in [4.69, 9.17) is 9.47 Å². The minimum atomic E-state index is -0.490. The van der Waals surface area contributed by atoms with E-state index in [2.05, 4.69) is 5.32 Å². The fourth-order valence-electron chi connectivity index (χ4n) is 1.62. The summed E-state index contributed by atoms with van der Waals surface area (Å²) in [7, 11) is 2.96. The minimum absolute atomic E-state index is 0.0756. The number of ether oxygens (including phenoxy) is 2. The molecule has 0 spiro atoms. The van der Waals surface area contributed by atoms with E-state index in [9.17, 15) is 14.4 Å². The zero-order valence-electron chi connectivity index (χ0n) is 14.0. The molecule has 1 aromatic rings. The van der Waals surface area contributed by atoms with Gasteiger partial charge in [-0.15, -0.1) is 11.8 Å². The molecule has 0 aliphatic carbocycles. The Kier molecular flexibility index (Phi) is 8.70. The maximum Gasteiger partial charge on any atom is 0.316 e. The number of esters is 1. The van der Waals surface area contributed by atoms with Gasteiger partial charge in [-0.25, -0.2) is 0 Å². The lowest BCUT2D eigenvalue weighted by Crippen LogP contribution is -2.39. The number of hydrogen-bond donors (Lipinski definition) is 1. The summed E-state index contributed by atoms with van der Waals surface area (Å²) >= 11 is 1.31. The molecule has 0 unspecified atom stereocenters. The topological polar surface area (TPSA) is 84.9 Å². The second kappa shape index (κ2) is 10.5. The van der Waals surface area contributed by atoms with Gasteiger partial charge in [0.15, 0.2) is 6.61 Å². The molecular weight excluding hydrogens is 332 g/mol. The zero-order chi connectivity index (χ0) is 17.9. The van der Waals surface area contributed by atoms with E-state index in [1.165, 1.54) is 30.8 Å². The van der Waals surface area contributed by atoms with Crippen LogP contribution in [0.3, 0.4) is 0 Å². The van der Waals surface area contributed by atoms with Gasteiger partial charge >= 0.3 is 5.97 Å². The molecule has 1 aromatic carbocycles. The molecule has 1 rings (SSSR count). The average molecular weight is 354 g/mol. The van der Waals surface area contributed by atoms with E-state index in [1.54, 1.807) is 0 Å². The van der Waals surface area contributed by atoms with Crippen LogP contribution in [0.2, 0.25) is 0 Å². The van der Waals surface area contributed by atoms with Crippen LogP contribution in [0.15, 0.2) is 29.2 Å². The molecule has 24 heavy (non-hydrogen) atoms. The van der Waals surface area contributed by atoms with Crippen LogP contribution in [0.5, 0.6) is 5.75 Å². The number of thioether (sulfide) groups is 1. The van der Waals surface area contributed by atoms with E-state index in [0.717, 1.165) is 10.6 Å². The molecule has 0 atom stereocenters. The van der Waals surface area contributed by atoms with Gasteiger partial charge in [-0.05, 0) is 31.2 Å². The summed E-state index contributed by atoms with van der Waals surface area (Å²) < 4.78 is 10.3. The third kappa shape index (κ3) is 7.36. The highest BCUT2D eigenvalue weighted by molar-refractivity contribution is 8.00. The Morgan fingerprint density at radius 3 is 2.46 bits per heavy atom. The lowest BCUT2D eigenvalue weighted by Gasteiger charge is -2.15. The first-order chi connectivity index (χ1) is 11.5. The highest BCUT2D eigenvalue weighted by Crippen LogP contribution is 2.21. The van der Waals surface area contributed by atoms with Gasteiger partial charge in [-0.3, -0.25) is 14.4 Å². The second-order valence-electron chi connectivity index (χ2n) is 4.78. The molecule has 0 heterocycles. The Labute approximate surface area is 145 Å². The van der Waals surface area contributed by atoms with Crippen LogP contribution in [0.4, 0.5) is 0 Å². The number of carbonyl (C=O) groups is 3. The standard InChI is InChI=1S/C16H22N2O5S/c1-4-22-12-5-7-13(8-6-12)24-11-16(21)23-10-15(20)18(3)9-14(19)17-2/h5-8H,4,9-11H2,1-3H3,(H,17,19). The smallest absolute Gasteiger partial charge is 0.316 e. The fourth-order valence-corrected chi connectivity index (χ4v) is 2.31. The molecule has 0 aliphatic rings. The van der Waals surface area contributed by atoms with Crippen molar-refractivity contribution in [2.75, 3.05) is 39.6 Å². The number of hydrogen-bond acceptors (Lipinski definition) is 6. The van der Waals surface area contributed by atoms with Crippen LogP contribution in [0, 0.1) is 0 Å². The monoisotopic (exact) mass is 354 g/mol. The van der Waals surface area contributed by atoms with Gasteiger partial charge in [0, 0.05) is 19.0 Å². The van der Waals surface area contributed by atoms with Crippen molar-refractivity contribution in [3.63, 3.8) is 0 Å². The van der Waals surface area contributed by atoms with Crippen molar-refractivity contribution in [2.24, 2.45) is 0 Å². The van der Waals surface area contributed by atoms with Gasteiger partial charge in [-0.1, -0.05) is 0 Å². The molecule has 0 saturated heterocycles. The number of amides is 2. The Morgan fingerprint density at radius 1 is 1.21 bits per heavy atom. The summed E-state index contributed by atoms with van der Waals surface area (Å²) in [4.78, 5) is 36.7. The van der Waals surface area contributed by atoms with Gasteiger partial charge < -0.3 is 19.7 Å². The third-order valence-corrected chi connectivity index (χ3v) is 3.92. The largest absolute Gasteiger partial charge is 0.494 e. The summed E-state index contributed by atoms with van der Waals surface area (Å²) in [5.41, 5.74) is 0. The fraction of sp³-hybridized carbons (Fsp3) is 0.438. The van der Waals surface area contributed by atoms with Gasteiger partial charge in [0.2, 0.25) is 5.91 Å². The van der Waals surface area contributed by atoms with Gasteiger partial charge in [-0.2, -0.15) is 0 Å². The Bertz CT molecular complexity index is 562. The average Bonchev–Trinajstić information content (AvgIpc) is 2.59. The molecule has 1 N–H and O–H groups in total. The van der Waals surface area contributed by atoms with E-state index >= 15 is 0 Å². The molecule has 8 heteroatoms. The lowest BCUT2D eigenvalue weighted by atomic mass is 10.3. The maximum atomic E-state index is 11.7. The molecule has 132 valence electrons. The number of likely N-dealkylation sites (N-methyl/N-ethyl adjacent to an activating group) is 2. The predicted molar refractivity (Wildman–Crippen MR) is 91.0 cm³/mol. The summed E-state index contributed by atoms with van der Waals surface area (Å²) in [5.74, 6) is -0.341. The Balaban J connectivity index is 2.30. The highest BCUT2D eigenvalue weighted by Gasteiger charge is 2.14. The van der Waals surface area contributed by atoms with E-state index in [0.29, 0.717) is 6.61 Å². The van der Waals surface area contributed by atoms with Crippen LogP contribution >= 0.6 is 11.8 Å². The van der Waals surface area contributed by atoms with Crippen molar-refractivity contribution >= 4 is 29.5 Å². The maximum absolute atomic E-state index is 11.7. The summed E-state index contributed by atoms with van der Waals surface area (Å²) in [6.45, 7) is 2.05. The lowest BCUT2D eigenvalue weighted by molar-refractivity contribution is -0.149. The van der Waals surface area contributed by atoms with Gasteiger partial charge in [0.05, 0.1) is 18.9 Å². The summed E-state index contributed by atoms with van der Waals surface area (Å²) in [6, 6.07) is 7.36. The van der Waals surface area contributed by atoms with Crippen molar-refractivity contribution in [3.8, 4) is 5.75 Å². The van der Waals surface area contributed by atoms with Crippen molar-refractivity contribution in [1.29, 1.82) is 0 Å². The second-order valence-corrected chi connectivity index (χ2v) is 5.83. The van der Waals surface area contributed by atoms with Gasteiger partial charge in [0.25, 0.3) is 5.91 Å². The molecule has 0 radical (unpaired) electrons. The van der Waals surface area contributed by atoms with Crippen molar-refractivity contribution < 1.29 is 23.9 Å². The number of nitrogens with zero attached hydrogens (tertiary/aromatic N) is 1. The van der Waals surface area contributed by atoms with Gasteiger partial charge in [0.1, 0.15) is 5.75 Å². The highest BCUT2D eigenvalue weighted by atomic mass is 32.2. The quantitative estimate of drug-likeness (QED) is 0.524. The SMILES string of the molecule is CCOc1ccc(SCC(=O)OCC(=O)N(C)CC(=O)NC)cc1. The summed E-state index contributed by atoms with van der Waals surface area (Å²) in [5, 5.41) is 2.41. The predicted octanol–water partition coefficient (Wildman–Crippen LogP) is 0.925. The molecule has 0 bridgehead atoms. The van der Waals surface area contributed by atoms with Crippen molar-refractivity contribution in [3.05, 3.63) is 24.3 Å². The van der Waals surface area contributed by atoms with E-state index in [-0.39, 0.29) is 24.8 Å². The zero-order valence-corrected chi connectivity index (χ0v) is 14.9. The first kappa shape index (κ1) is 19.8. The third-order valence-electron chi connectivity index (χ3n) is 2.93. The molecule has 0 aromatic heterocycles. The van der Waals surface area contributed by atoms with Crippen LogP contribution < -0.4 is 10.1 Å². The molecule has 7 nitrogen and oxygen atoms in total. The van der Waals surface area contributed by atoms with Crippen LogP contribution in [0.25, 0.3) is 0 Å². The number of benzene rings is 1. The Hall–Kier alpha value is -2.22. The van der Waals surface area contributed by atoms with E-state index < -0.39 is 11.9 Å². The van der Waals surface area contributed by atoms with Crippen molar-refractivity contribution in [2.45, 2.75) is 11.8 Å². The molecule has 0 saturated carbocycles. The first-order valence-corrected chi connectivity index (χ1v) is 8.40. The van der Waals surface area contributed by atoms with Crippen LogP contribution in [0.1, 0.15) is 6.92 Å². The minimum Gasteiger partial charge on any atom is -0.494 e. The normalized spacial score (nSPS) is 9.96. The number of nitrogens with one attached hydrogen (secondary N) is 1. The summed E-state index contributed by atoms with van der Waals surface area (Å²) in [6.07, 6.45) is 0. The van der Waals surface area contributed by atoms with Crippen LogP contribution in [-0.4, -0.2) is 62.3 Å². The van der Waals surface area contributed by atoms with Crippen molar-refractivity contribution in [1.82, 2.24) is 10.2 Å². The molecular formula is C16H22N2O5S. The van der Waals surface area contributed by atoms with E-state index in [1.807, 2.05) is 31.2 Å². The molecule has 0 fully saturated rings.